The zero-order valence-electron chi connectivity index (χ0n) is 20.3. The Morgan fingerprint density at radius 3 is 2.65 bits per heavy atom. The van der Waals surface area contributed by atoms with Gasteiger partial charge in [0.1, 0.15) is 4.83 Å². The molecule has 4 heterocycles. The van der Waals surface area contributed by atoms with Gasteiger partial charge in [0, 0.05) is 62.9 Å². The predicted molar refractivity (Wildman–Crippen MR) is 140 cm³/mol. The molecule has 34 heavy (non-hydrogen) atoms. The highest BCUT2D eigenvalue weighted by Crippen LogP contribution is 2.32. The minimum Gasteiger partial charge on any atom is -0.369 e. The van der Waals surface area contributed by atoms with E-state index in [4.69, 9.17) is 4.98 Å². The maximum atomic E-state index is 13.4. The Kier molecular flexibility index (Phi) is 6.18. The van der Waals surface area contributed by atoms with Crippen molar-refractivity contribution in [2.75, 3.05) is 50.7 Å². The first-order valence-corrected chi connectivity index (χ1v) is 13.8. The Morgan fingerprint density at radius 1 is 0.941 bits per heavy atom. The van der Waals surface area contributed by atoms with E-state index in [-0.39, 0.29) is 5.56 Å². The summed E-state index contributed by atoms with van der Waals surface area (Å²) in [5, 5.41) is 0.874. The van der Waals surface area contributed by atoms with Gasteiger partial charge in [-0.15, -0.1) is 11.3 Å². The number of thiophene rings is 1. The van der Waals surface area contributed by atoms with Gasteiger partial charge in [-0.05, 0) is 61.4 Å². The number of likely N-dealkylation sites (N-methyl/N-ethyl adjacent to an activating group) is 1. The van der Waals surface area contributed by atoms with E-state index in [0.717, 1.165) is 69.0 Å². The maximum Gasteiger partial charge on any atom is 0.262 e. The van der Waals surface area contributed by atoms with Gasteiger partial charge in [0.25, 0.3) is 5.56 Å². The van der Waals surface area contributed by atoms with E-state index in [9.17, 15) is 4.79 Å². The van der Waals surface area contributed by atoms with E-state index in [2.05, 4.69) is 39.8 Å². The van der Waals surface area contributed by atoms with Gasteiger partial charge in [-0.1, -0.05) is 19.1 Å². The Balaban J connectivity index is 1.12. The van der Waals surface area contributed by atoms with Gasteiger partial charge in [-0.3, -0.25) is 19.2 Å². The van der Waals surface area contributed by atoms with Crippen LogP contribution in [0.1, 0.15) is 41.3 Å². The Labute approximate surface area is 205 Å². The molecule has 6 rings (SSSR count). The number of rotatable bonds is 5. The fraction of sp³-hybridized carbons (Fsp3) is 0.556. The van der Waals surface area contributed by atoms with E-state index >= 15 is 0 Å². The van der Waals surface area contributed by atoms with E-state index in [1.54, 1.807) is 28.8 Å². The summed E-state index contributed by atoms with van der Waals surface area (Å²) in [7, 11) is 0. The Bertz CT molecular complexity index is 1240. The van der Waals surface area contributed by atoms with Gasteiger partial charge >= 0.3 is 0 Å². The lowest BCUT2D eigenvalue weighted by atomic mass is 9.90. The minimum atomic E-state index is 0.148. The van der Waals surface area contributed by atoms with E-state index < -0.39 is 0 Å². The number of nitrogens with zero attached hydrogens (tertiary/aromatic N) is 5. The Hall–Kier alpha value is -2.22. The third kappa shape index (κ3) is 4.08. The number of hydrogen-bond donors (Lipinski definition) is 0. The van der Waals surface area contributed by atoms with Crippen molar-refractivity contribution in [3.05, 3.63) is 56.4 Å². The molecular formula is C27H35N5OS. The second-order valence-corrected chi connectivity index (χ2v) is 11.1. The van der Waals surface area contributed by atoms with Crippen molar-refractivity contribution in [3.8, 4) is 0 Å². The second-order valence-electron chi connectivity index (χ2n) is 10.00. The molecular weight excluding hydrogens is 442 g/mol. The summed E-state index contributed by atoms with van der Waals surface area (Å²) in [6.45, 7) is 11.0. The van der Waals surface area contributed by atoms with Crippen LogP contribution in [0.2, 0.25) is 0 Å². The third-order valence-corrected chi connectivity index (χ3v) is 9.29. The van der Waals surface area contributed by atoms with Crippen LogP contribution in [-0.4, -0.2) is 65.2 Å². The van der Waals surface area contributed by atoms with Gasteiger partial charge < -0.3 is 4.90 Å². The van der Waals surface area contributed by atoms with Crippen LogP contribution in [0.3, 0.4) is 0 Å². The van der Waals surface area contributed by atoms with Crippen LogP contribution in [-0.2, 0) is 32.4 Å². The van der Waals surface area contributed by atoms with E-state index in [1.807, 2.05) is 4.57 Å². The molecule has 1 aromatic carbocycles. The smallest absolute Gasteiger partial charge is 0.262 e. The van der Waals surface area contributed by atoms with Crippen molar-refractivity contribution in [3.63, 3.8) is 0 Å². The highest BCUT2D eigenvalue weighted by Gasteiger charge is 2.24. The first kappa shape index (κ1) is 22.3. The van der Waals surface area contributed by atoms with Crippen molar-refractivity contribution in [1.29, 1.82) is 0 Å². The minimum absolute atomic E-state index is 0.148. The number of fused-ring (bicyclic) bond motifs is 4. The quantitative estimate of drug-likeness (QED) is 0.563. The highest BCUT2D eigenvalue weighted by atomic mass is 32.1. The molecule has 3 aliphatic rings. The largest absolute Gasteiger partial charge is 0.369 e. The molecule has 0 radical (unpaired) electrons. The molecule has 0 spiro atoms. The lowest BCUT2D eigenvalue weighted by Gasteiger charge is -2.38. The summed E-state index contributed by atoms with van der Waals surface area (Å²) in [5.41, 5.74) is 6.00. The van der Waals surface area contributed by atoms with Crippen LogP contribution >= 0.6 is 11.3 Å². The monoisotopic (exact) mass is 477 g/mol. The molecule has 6 nitrogen and oxygen atoms in total. The first-order valence-electron chi connectivity index (χ1n) is 13.0. The van der Waals surface area contributed by atoms with Gasteiger partial charge in [-0.25, -0.2) is 4.98 Å². The first-order chi connectivity index (χ1) is 16.7. The fourth-order valence-electron chi connectivity index (χ4n) is 6.01. The molecule has 2 aliphatic heterocycles. The molecule has 7 heteroatoms. The predicted octanol–water partition coefficient (Wildman–Crippen LogP) is 3.54. The molecule has 1 saturated heterocycles. The van der Waals surface area contributed by atoms with Crippen LogP contribution in [0.25, 0.3) is 10.2 Å². The SMILES string of the molecule is CCN1CCc2sc3ncn(CCN4CCN(c5cccc6c5CCCC6)CC4)c(=O)c3c2C1. The number of hydrogen-bond acceptors (Lipinski definition) is 6. The van der Waals surface area contributed by atoms with Crippen LogP contribution in [0.4, 0.5) is 5.69 Å². The third-order valence-electron chi connectivity index (χ3n) is 8.09. The van der Waals surface area contributed by atoms with Gasteiger partial charge in [0.15, 0.2) is 0 Å². The standard InChI is InChI=1S/C27H35N5OS/c1-2-29-11-10-24-22(18-29)25-26(34-24)28-19-32(27(25)33)17-14-30-12-15-31(16-13-30)23-9-5-7-20-6-3-4-8-21(20)23/h5,7,9,19H,2-4,6,8,10-18H2,1H3. The molecule has 3 aromatic rings. The summed E-state index contributed by atoms with van der Waals surface area (Å²) in [6.07, 6.45) is 7.93. The molecule has 0 amide bonds. The highest BCUT2D eigenvalue weighted by molar-refractivity contribution is 7.18. The summed E-state index contributed by atoms with van der Waals surface area (Å²) < 4.78 is 1.85. The van der Waals surface area contributed by atoms with Gasteiger partial charge in [0.2, 0.25) is 0 Å². The molecule has 0 bridgehead atoms. The number of aromatic nitrogens is 2. The summed E-state index contributed by atoms with van der Waals surface area (Å²) >= 11 is 1.72. The van der Waals surface area contributed by atoms with Crippen LogP contribution in [0.15, 0.2) is 29.3 Å². The molecule has 0 atom stereocenters. The lowest BCUT2D eigenvalue weighted by molar-refractivity contribution is 0.247. The van der Waals surface area contributed by atoms with Crippen LogP contribution < -0.4 is 10.5 Å². The summed E-state index contributed by atoms with van der Waals surface area (Å²) in [4.78, 5) is 27.9. The molecule has 0 N–H and O–H groups in total. The van der Waals surface area contributed by atoms with Crippen molar-refractivity contribution in [1.82, 2.24) is 19.4 Å². The van der Waals surface area contributed by atoms with Crippen LogP contribution in [0, 0.1) is 0 Å². The van der Waals surface area contributed by atoms with Crippen molar-refractivity contribution in [2.24, 2.45) is 0 Å². The zero-order valence-corrected chi connectivity index (χ0v) is 21.1. The topological polar surface area (TPSA) is 44.6 Å². The van der Waals surface area contributed by atoms with Crippen molar-refractivity contribution in [2.45, 2.75) is 52.1 Å². The molecule has 2 aromatic heterocycles. The van der Waals surface area contributed by atoms with E-state index in [1.165, 1.54) is 41.8 Å². The number of anilines is 1. The Morgan fingerprint density at radius 2 is 1.79 bits per heavy atom. The average molecular weight is 478 g/mol. The van der Waals surface area contributed by atoms with Crippen molar-refractivity contribution < 1.29 is 0 Å². The molecule has 180 valence electrons. The van der Waals surface area contributed by atoms with Crippen LogP contribution in [0.5, 0.6) is 0 Å². The summed E-state index contributed by atoms with van der Waals surface area (Å²) in [5.74, 6) is 0. The number of piperazine rings is 1. The normalized spacial score (nSPS) is 19.4. The van der Waals surface area contributed by atoms with Gasteiger partial charge in [-0.2, -0.15) is 0 Å². The maximum absolute atomic E-state index is 13.4. The number of benzene rings is 1. The summed E-state index contributed by atoms with van der Waals surface area (Å²) in [6, 6.07) is 6.88. The van der Waals surface area contributed by atoms with Gasteiger partial charge in [0.05, 0.1) is 11.7 Å². The molecule has 0 unspecified atom stereocenters. The molecule has 1 fully saturated rings. The molecule has 1 aliphatic carbocycles. The van der Waals surface area contributed by atoms with E-state index in [0.29, 0.717) is 6.54 Å². The average Bonchev–Trinajstić information content (AvgIpc) is 3.27. The molecule has 0 saturated carbocycles. The number of aryl methyl sites for hydroxylation is 1. The van der Waals surface area contributed by atoms with Crippen molar-refractivity contribution >= 4 is 27.2 Å². The lowest BCUT2D eigenvalue weighted by Crippen LogP contribution is -2.48. The fourth-order valence-corrected chi connectivity index (χ4v) is 7.14. The second kappa shape index (κ2) is 9.44. The zero-order chi connectivity index (χ0) is 23.1.